The maximum absolute atomic E-state index is 12.3. The second-order valence-corrected chi connectivity index (χ2v) is 6.52. The third-order valence-corrected chi connectivity index (χ3v) is 4.94. The van der Waals surface area contributed by atoms with E-state index in [9.17, 15) is 20.1 Å². The minimum Gasteiger partial charge on any atom is -0.390 e. The quantitative estimate of drug-likeness (QED) is 0.716. The van der Waals surface area contributed by atoms with Crippen molar-refractivity contribution in [3.8, 4) is 0 Å². The third kappa shape index (κ3) is 3.51. The number of aliphatic hydroxyl groups is 3. The average Bonchev–Trinajstić information content (AvgIpc) is 2.41. The summed E-state index contributed by atoms with van der Waals surface area (Å²) >= 11 is 0. The van der Waals surface area contributed by atoms with E-state index in [4.69, 9.17) is 0 Å². The first-order chi connectivity index (χ1) is 9.43. The summed E-state index contributed by atoms with van der Waals surface area (Å²) in [5.74, 6) is -0.132. The van der Waals surface area contributed by atoms with Gasteiger partial charge in [0, 0.05) is 7.05 Å². The van der Waals surface area contributed by atoms with Crippen LogP contribution in [-0.2, 0) is 4.79 Å². The minimum atomic E-state index is -0.876. The summed E-state index contributed by atoms with van der Waals surface area (Å²) in [6.45, 7) is 0. The Bertz CT molecular complexity index is 341. The van der Waals surface area contributed by atoms with E-state index in [1.807, 2.05) is 0 Å². The standard InChI is InChI=1S/C15H27NO4/c1-16(11-6-5-7-12(17)14(11)19)13(18)10-15(20)8-3-2-4-9-15/h11-12,14,17,19-20H,2-10H2,1H3/t11-,12-,14-/m1/s1. The van der Waals surface area contributed by atoms with Crippen molar-refractivity contribution in [3.63, 3.8) is 0 Å². The van der Waals surface area contributed by atoms with Gasteiger partial charge in [-0.1, -0.05) is 19.3 Å². The lowest BCUT2D eigenvalue weighted by Gasteiger charge is -2.39. The van der Waals surface area contributed by atoms with Crippen LogP contribution >= 0.6 is 0 Å². The van der Waals surface area contributed by atoms with E-state index >= 15 is 0 Å². The van der Waals surface area contributed by atoms with Crippen LogP contribution < -0.4 is 0 Å². The first-order valence-electron chi connectivity index (χ1n) is 7.77. The molecule has 0 aromatic carbocycles. The van der Waals surface area contributed by atoms with Gasteiger partial charge in [0.05, 0.1) is 24.2 Å². The van der Waals surface area contributed by atoms with Crippen molar-refractivity contribution in [2.24, 2.45) is 0 Å². The van der Waals surface area contributed by atoms with Gasteiger partial charge in [-0.05, 0) is 32.1 Å². The highest BCUT2D eigenvalue weighted by molar-refractivity contribution is 5.77. The van der Waals surface area contributed by atoms with Gasteiger partial charge in [-0.3, -0.25) is 4.79 Å². The fraction of sp³-hybridized carbons (Fsp3) is 0.933. The maximum Gasteiger partial charge on any atom is 0.225 e. The summed E-state index contributed by atoms with van der Waals surface area (Å²) < 4.78 is 0. The molecule has 20 heavy (non-hydrogen) atoms. The smallest absolute Gasteiger partial charge is 0.225 e. The van der Waals surface area contributed by atoms with Crippen molar-refractivity contribution in [2.75, 3.05) is 7.05 Å². The van der Waals surface area contributed by atoms with Gasteiger partial charge >= 0.3 is 0 Å². The number of rotatable bonds is 3. The summed E-state index contributed by atoms with van der Waals surface area (Å²) in [5, 5.41) is 30.2. The van der Waals surface area contributed by atoms with Crippen LogP contribution in [0.15, 0.2) is 0 Å². The second-order valence-electron chi connectivity index (χ2n) is 6.52. The summed E-state index contributed by atoms with van der Waals surface area (Å²) in [6, 6.07) is -0.335. The summed E-state index contributed by atoms with van der Waals surface area (Å²) in [4.78, 5) is 13.9. The molecule has 0 saturated heterocycles. The molecule has 5 heteroatoms. The average molecular weight is 285 g/mol. The van der Waals surface area contributed by atoms with E-state index in [0.717, 1.165) is 25.7 Å². The normalized spacial score (nSPS) is 33.7. The summed E-state index contributed by atoms with van der Waals surface area (Å²) in [7, 11) is 1.67. The Morgan fingerprint density at radius 3 is 2.45 bits per heavy atom. The molecule has 0 aromatic heterocycles. The Morgan fingerprint density at radius 2 is 1.80 bits per heavy atom. The van der Waals surface area contributed by atoms with E-state index in [1.165, 1.54) is 4.90 Å². The molecule has 2 fully saturated rings. The number of hydrogen-bond acceptors (Lipinski definition) is 4. The van der Waals surface area contributed by atoms with Crippen molar-refractivity contribution in [2.45, 2.75) is 81.6 Å². The molecule has 0 heterocycles. The number of amides is 1. The number of hydrogen-bond donors (Lipinski definition) is 3. The minimum absolute atomic E-state index is 0.128. The number of nitrogens with zero attached hydrogens (tertiary/aromatic N) is 1. The Labute approximate surface area is 120 Å². The Balaban J connectivity index is 1.94. The van der Waals surface area contributed by atoms with Gasteiger partial charge < -0.3 is 20.2 Å². The predicted octanol–water partition coefficient (Wildman–Crippen LogP) is 0.804. The number of aliphatic hydroxyl groups excluding tert-OH is 2. The molecule has 2 aliphatic carbocycles. The maximum atomic E-state index is 12.3. The van der Waals surface area contributed by atoms with Crippen LogP contribution in [0.3, 0.4) is 0 Å². The molecule has 2 rings (SSSR count). The molecule has 0 aliphatic heterocycles. The van der Waals surface area contributed by atoms with Crippen LogP contribution in [0.2, 0.25) is 0 Å². The zero-order chi connectivity index (χ0) is 14.8. The van der Waals surface area contributed by atoms with Crippen molar-refractivity contribution >= 4 is 5.91 Å². The highest BCUT2D eigenvalue weighted by atomic mass is 16.3. The Morgan fingerprint density at radius 1 is 1.15 bits per heavy atom. The summed E-state index contributed by atoms with van der Waals surface area (Å²) in [5.41, 5.74) is -0.873. The van der Waals surface area contributed by atoms with Crippen LogP contribution in [0.5, 0.6) is 0 Å². The fourth-order valence-corrected chi connectivity index (χ4v) is 3.53. The van der Waals surface area contributed by atoms with Gasteiger partial charge in [-0.2, -0.15) is 0 Å². The lowest BCUT2D eigenvalue weighted by molar-refractivity contribution is -0.145. The lowest BCUT2D eigenvalue weighted by Crippen LogP contribution is -2.53. The molecule has 3 atom stereocenters. The Hall–Kier alpha value is -0.650. The molecule has 0 aromatic rings. The van der Waals surface area contributed by atoms with Crippen molar-refractivity contribution in [3.05, 3.63) is 0 Å². The molecule has 0 spiro atoms. The number of carbonyl (C=O) groups excluding carboxylic acids is 1. The van der Waals surface area contributed by atoms with Crippen LogP contribution in [0.1, 0.15) is 57.8 Å². The van der Waals surface area contributed by atoms with Crippen molar-refractivity contribution < 1.29 is 20.1 Å². The number of likely N-dealkylation sites (N-methyl/N-ethyl adjacent to an activating group) is 1. The molecule has 116 valence electrons. The van der Waals surface area contributed by atoms with E-state index in [2.05, 4.69) is 0 Å². The van der Waals surface area contributed by atoms with Gasteiger partial charge in [0.15, 0.2) is 0 Å². The summed E-state index contributed by atoms with van der Waals surface area (Å²) in [6.07, 6.45) is 5.04. The molecule has 2 saturated carbocycles. The van der Waals surface area contributed by atoms with Crippen LogP contribution in [0.25, 0.3) is 0 Å². The molecule has 5 nitrogen and oxygen atoms in total. The zero-order valence-corrected chi connectivity index (χ0v) is 12.3. The van der Waals surface area contributed by atoms with Gasteiger partial charge in [0.2, 0.25) is 5.91 Å². The molecule has 0 unspecified atom stereocenters. The molecule has 0 bridgehead atoms. The van der Waals surface area contributed by atoms with Gasteiger partial charge in [0.25, 0.3) is 0 Å². The monoisotopic (exact) mass is 285 g/mol. The van der Waals surface area contributed by atoms with Crippen molar-refractivity contribution in [1.82, 2.24) is 4.90 Å². The number of carbonyl (C=O) groups is 1. The SMILES string of the molecule is CN(C(=O)CC1(O)CCCCC1)[C@@H]1CCC[C@@H](O)[C@@H]1O. The Kier molecular flexibility index (Phi) is 5.04. The van der Waals surface area contributed by atoms with Gasteiger partial charge in [0.1, 0.15) is 6.10 Å². The topological polar surface area (TPSA) is 81.0 Å². The first-order valence-corrected chi connectivity index (χ1v) is 7.77. The van der Waals surface area contributed by atoms with Gasteiger partial charge in [-0.25, -0.2) is 0 Å². The van der Waals surface area contributed by atoms with Crippen LogP contribution in [0.4, 0.5) is 0 Å². The molecule has 2 aliphatic rings. The predicted molar refractivity (Wildman–Crippen MR) is 75.1 cm³/mol. The fourth-order valence-electron chi connectivity index (χ4n) is 3.53. The third-order valence-electron chi connectivity index (χ3n) is 4.94. The van der Waals surface area contributed by atoms with Crippen molar-refractivity contribution in [1.29, 1.82) is 0 Å². The second kappa shape index (κ2) is 6.41. The lowest BCUT2D eigenvalue weighted by atomic mass is 9.81. The van der Waals surface area contributed by atoms with Gasteiger partial charge in [-0.15, -0.1) is 0 Å². The molecular formula is C15H27NO4. The van der Waals surface area contributed by atoms with E-state index in [0.29, 0.717) is 25.7 Å². The van der Waals surface area contributed by atoms with E-state index in [-0.39, 0.29) is 18.4 Å². The molecular weight excluding hydrogens is 258 g/mol. The first kappa shape index (κ1) is 15.7. The molecule has 0 radical (unpaired) electrons. The van der Waals surface area contributed by atoms with Crippen LogP contribution in [0, 0.1) is 0 Å². The zero-order valence-electron chi connectivity index (χ0n) is 12.3. The van der Waals surface area contributed by atoms with Crippen LogP contribution in [-0.4, -0.2) is 57.0 Å². The molecule has 3 N–H and O–H groups in total. The highest BCUT2D eigenvalue weighted by Gasteiger charge is 2.38. The molecule has 1 amide bonds. The highest BCUT2D eigenvalue weighted by Crippen LogP contribution is 2.32. The van der Waals surface area contributed by atoms with E-state index < -0.39 is 17.8 Å². The largest absolute Gasteiger partial charge is 0.390 e. The van der Waals surface area contributed by atoms with E-state index in [1.54, 1.807) is 7.05 Å².